The molecule has 1 saturated heterocycles. The minimum atomic E-state index is -1.29. The highest BCUT2D eigenvalue weighted by atomic mass is 16.2. The van der Waals surface area contributed by atoms with Crippen molar-refractivity contribution in [1.29, 1.82) is 0 Å². The van der Waals surface area contributed by atoms with Gasteiger partial charge in [0.15, 0.2) is 0 Å². The molecule has 3 amide bonds. The van der Waals surface area contributed by atoms with Gasteiger partial charge in [0.25, 0.3) is 5.91 Å². The van der Waals surface area contributed by atoms with Crippen molar-refractivity contribution < 1.29 is 15.1 Å². The Balaban J connectivity index is 0.00000144. The van der Waals surface area contributed by atoms with Gasteiger partial charge >= 0.3 is 6.03 Å². The van der Waals surface area contributed by atoms with E-state index in [1.165, 1.54) is 13.8 Å². The highest BCUT2D eigenvalue weighted by Crippen LogP contribution is 2.16. The van der Waals surface area contributed by atoms with E-state index in [1.807, 2.05) is 5.32 Å². The predicted octanol–water partition coefficient (Wildman–Crippen LogP) is -2.61. The minimum Gasteiger partial charge on any atom is -0.412 e. The third-order valence-electron chi connectivity index (χ3n) is 2.15. The second-order valence-corrected chi connectivity index (χ2v) is 3.31. The van der Waals surface area contributed by atoms with Gasteiger partial charge in [-0.2, -0.15) is 0 Å². The van der Waals surface area contributed by atoms with Crippen LogP contribution in [0.5, 0.6) is 0 Å². The van der Waals surface area contributed by atoms with E-state index in [0.717, 1.165) is 0 Å². The Labute approximate surface area is 75.1 Å². The standard InChI is InChI=1S/C6H12N4O2.H2O/c1-5(7)3(11)9-4(12)10-6(5,2)8;/h7-8H2,1-2H3,(H2,9,10,11,12);1H2. The molecule has 1 aliphatic rings. The highest BCUT2D eigenvalue weighted by molar-refractivity contribution is 6.03. The van der Waals surface area contributed by atoms with Crippen LogP contribution in [0.4, 0.5) is 4.79 Å². The molecule has 0 aromatic heterocycles. The zero-order valence-corrected chi connectivity index (χ0v) is 7.47. The molecule has 7 heteroatoms. The van der Waals surface area contributed by atoms with Crippen molar-refractivity contribution >= 4 is 11.9 Å². The van der Waals surface area contributed by atoms with Crippen LogP contribution in [0.15, 0.2) is 0 Å². The summed E-state index contributed by atoms with van der Waals surface area (Å²) in [6.45, 7) is 2.95. The van der Waals surface area contributed by atoms with Crippen molar-refractivity contribution in [1.82, 2.24) is 10.6 Å². The fraction of sp³-hybridized carbons (Fsp3) is 0.667. The van der Waals surface area contributed by atoms with E-state index < -0.39 is 23.1 Å². The molecule has 0 aromatic rings. The molecule has 0 aliphatic carbocycles. The van der Waals surface area contributed by atoms with Crippen LogP contribution >= 0.6 is 0 Å². The Hall–Kier alpha value is -1.18. The van der Waals surface area contributed by atoms with Crippen LogP contribution in [0, 0.1) is 0 Å². The van der Waals surface area contributed by atoms with Crippen molar-refractivity contribution in [2.45, 2.75) is 25.0 Å². The summed E-state index contributed by atoms with van der Waals surface area (Å²) >= 11 is 0. The summed E-state index contributed by atoms with van der Waals surface area (Å²) in [5.41, 5.74) is 8.72. The van der Waals surface area contributed by atoms with Gasteiger partial charge in [-0.15, -0.1) is 0 Å². The summed E-state index contributed by atoms with van der Waals surface area (Å²) in [7, 11) is 0. The van der Waals surface area contributed by atoms with Crippen molar-refractivity contribution in [3.8, 4) is 0 Å². The Bertz CT molecular complexity index is 248. The second-order valence-electron chi connectivity index (χ2n) is 3.31. The maximum Gasteiger partial charge on any atom is 0.322 e. The van der Waals surface area contributed by atoms with E-state index in [-0.39, 0.29) is 5.48 Å². The molecule has 0 bridgehead atoms. The lowest BCUT2D eigenvalue weighted by molar-refractivity contribution is -0.128. The Morgan fingerprint density at radius 3 is 2.08 bits per heavy atom. The van der Waals surface area contributed by atoms with Crippen molar-refractivity contribution in [3.63, 3.8) is 0 Å². The molecule has 1 fully saturated rings. The first kappa shape index (κ1) is 11.8. The number of carbonyl (C=O) groups is 2. The molecule has 0 radical (unpaired) electrons. The van der Waals surface area contributed by atoms with Gasteiger partial charge in [-0.25, -0.2) is 4.79 Å². The molecule has 1 aliphatic heterocycles. The quantitative estimate of drug-likeness (QED) is 0.332. The van der Waals surface area contributed by atoms with Crippen LogP contribution in [-0.2, 0) is 4.79 Å². The summed E-state index contributed by atoms with van der Waals surface area (Å²) in [5, 5.41) is 4.39. The van der Waals surface area contributed by atoms with Crippen LogP contribution in [-0.4, -0.2) is 28.6 Å². The number of imide groups is 1. The van der Waals surface area contributed by atoms with Crippen molar-refractivity contribution in [3.05, 3.63) is 0 Å². The van der Waals surface area contributed by atoms with Gasteiger partial charge in [0.05, 0.1) is 0 Å². The zero-order chi connectivity index (χ0) is 9.57. The van der Waals surface area contributed by atoms with E-state index >= 15 is 0 Å². The lowest BCUT2D eigenvalue weighted by Gasteiger charge is -2.43. The summed E-state index contributed by atoms with van der Waals surface area (Å²) < 4.78 is 0. The van der Waals surface area contributed by atoms with Gasteiger partial charge in [0.1, 0.15) is 11.2 Å². The number of nitrogens with two attached hydrogens (primary N) is 2. The van der Waals surface area contributed by atoms with Gasteiger partial charge in [0.2, 0.25) is 0 Å². The summed E-state index contributed by atoms with van der Waals surface area (Å²) in [5.74, 6) is -0.573. The minimum absolute atomic E-state index is 0. The molecule has 0 aromatic carbocycles. The largest absolute Gasteiger partial charge is 0.412 e. The molecule has 2 unspecified atom stereocenters. The number of nitrogens with one attached hydrogen (secondary N) is 2. The molecule has 2 atom stereocenters. The molecular weight excluding hydrogens is 176 g/mol. The van der Waals surface area contributed by atoms with Crippen LogP contribution in [0.25, 0.3) is 0 Å². The molecule has 8 N–H and O–H groups in total. The SMILES string of the molecule is CC1(N)NC(=O)NC(=O)C1(C)N.O. The van der Waals surface area contributed by atoms with Crippen molar-refractivity contribution in [2.24, 2.45) is 11.5 Å². The summed E-state index contributed by atoms with van der Waals surface area (Å²) in [6, 6.07) is -0.618. The van der Waals surface area contributed by atoms with Gasteiger partial charge in [-0.05, 0) is 13.8 Å². The Morgan fingerprint density at radius 1 is 1.23 bits per heavy atom. The average Bonchev–Trinajstić information content (AvgIpc) is 1.82. The number of rotatable bonds is 0. The lowest BCUT2D eigenvalue weighted by Crippen LogP contribution is -2.81. The number of amides is 3. The van der Waals surface area contributed by atoms with Crippen LogP contribution < -0.4 is 22.1 Å². The molecule has 1 heterocycles. The number of urea groups is 1. The third kappa shape index (κ3) is 1.62. The van der Waals surface area contributed by atoms with E-state index in [4.69, 9.17) is 11.5 Å². The molecule has 1 rings (SSSR count). The number of hydrogen-bond donors (Lipinski definition) is 4. The first-order valence-electron chi connectivity index (χ1n) is 3.49. The predicted molar refractivity (Wildman–Crippen MR) is 45.5 cm³/mol. The molecule has 76 valence electrons. The highest BCUT2D eigenvalue weighted by Gasteiger charge is 2.49. The van der Waals surface area contributed by atoms with E-state index in [1.54, 1.807) is 0 Å². The smallest absolute Gasteiger partial charge is 0.322 e. The summed E-state index contributed by atoms with van der Waals surface area (Å²) in [4.78, 5) is 22.0. The van der Waals surface area contributed by atoms with E-state index in [2.05, 4.69) is 5.32 Å². The van der Waals surface area contributed by atoms with Gasteiger partial charge < -0.3 is 22.3 Å². The third-order valence-corrected chi connectivity index (χ3v) is 2.15. The van der Waals surface area contributed by atoms with E-state index in [0.29, 0.717) is 0 Å². The zero-order valence-electron chi connectivity index (χ0n) is 7.47. The van der Waals surface area contributed by atoms with E-state index in [9.17, 15) is 9.59 Å². The lowest BCUT2D eigenvalue weighted by atomic mass is 9.86. The maximum absolute atomic E-state index is 11.2. The van der Waals surface area contributed by atoms with Crippen LogP contribution in [0.2, 0.25) is 0 Å². The second kappa shape index (κ2) is 2.95. The number of hydrogen-bond acceptors (Lipinski definition) is 4. The molecular formula is C6H14N4O3. The Morgan fingerprint density at radius 2 is 1.69 bits per heavy atom. The Kier molecular flexibility index (Phi) is 2.68. The van der Waals surface area contributed by atoms with Gasteiger partial charge in [0, 0.05) is 0 Å². The molecule has 7 nitrogen and oxygen atoms in total. The van der Waals surface area contributed by atoms with Gasteiger partial charge in [-0.3, -0.25) is 10.1 Å². The first-order chi connectivity index (χ1) is 5.27. The maximum atomic E-state index is 11.2. The monoisotopic (exact) mass is 190 g/mol. The topological polar surface area (TPSA) is 142 Å². The fourth-order valence-electron chi connectivity index (χ4n) is 0.866. The fourth-order valence-corrected chi connectivity index (χ4v) is 0.866. The van der Waals surface area contributed by atoms with Crippen molar-refractivity contribution in [2.75, 3.05) is 0 Å². The van der Waals surface area contributed by atoms with Crippen LogP contribution in [0.1, 0.15) is 13.8 Å². The normalized spacial score (nSPS) is 38.8. The molecule has 0 spiro atoms. The average molecular weight is 190 g/mol. The molecule has 13 heavy (non-hydrogen) atoms. The summed E-state index contributed by atoms with van der Waals surface area (Å²) in [6.07, 6.45) is 0. The molecule has 0 saturated carbocycles. The van der Waals surface area contributed by atoms with Crippen LogP contribution in [0.3, 0.4) is 0 Å². The van der Waals surface area contributed by atoms with Gasteiger partial charge in [-0.1, -0.05) is 0 Å². The first-order valence-corrected chi connectivity index (χ1v) is 3.49. The number of carbonyl (C=O) groups excluding carboxylic acids is 2.